The second kappa shape index (κ2) is 12.3. The summed E-state index contributed by atoms with van der Waals surface area (Å²) in [5.74, 6) is -3.53. The van der Waals surface area contributed by atoms with Crippen LogP contribution >= 0.6 is 12.6 Å². The summed E-state index contributed by atoms with van der Waals surface area (Å²) >= 11 is 4.11. The molecule has 1 aromatic rings. The van der Waals surface area contributed by atoms with Gasteiger partial charge in [-0.2, -0.15) is 12.6 Å². The van der Waals surface area contributed by atoms with Crippen molar-refractivity contribution in [2.24, 2.45) is 17.6 Å². The maximum Gasteiger partial charge on any atom is 0.326 e. The molecule has 3 amide bonds. The molecule has 174 valence electrons. The van der Waals surface area contributed by atoms with Crippen molar-refractivity contribution >= 4 is 36.3 Å². The Balaban J connectivity index is 2.97. The van der Waals surface area contributed by atoms with Gasteiger partial charge in [0.1, 0.15) is 18.1 Å². The van der Waals surface area contributed by atoms with Crippen LogP contribution in [0.25, 0.3) is 0 Å². The molecule has 12 heteroatoms. The predicted octanol–water partition coefficient (Wildman–Crippen LogP) is -0.940. The molecule has 0 radical (unpaired) electrons. The number of hydrogen-bond donors (Lipinski definition) is 7. The lowest BCUT2D eigenvalue weighted by atomic mass is 10.0. The SMILES string of the molecule is CC(C)C(N)C(=O)NC(CS)C(=O)NC(Cc1cnc[nH]1)C(=O)NC(C(=O)O)C(C)C. The van der Waals surface area contributed by atoms with Crippen LogP contribution < -0.4 is 21.7 Å². The minimum Gasteiger partial charge on any atom is -0.480 e. The number of aliphatic carboxylic acids is 1. The molecule has 1 heterocycles. The zero-order valence-corrected chi connectivity index (χ0v) is 19.0. The van der Waals surface area contributed by atoms with Crippen LogP contribution in [0.2, 0.25) is 0 Å². The minimum absolute atomic E-state index is 0.0233. The fraction of sp³-hybridized carbons (Fsp3) is 0.632. The summed E-state index contributed by atoms with van der Waals surface area (Å²) in [4.78, 5) is 56.0. The Morgan fingerprint density at radius 1 is 1.03 bits per heavy atom. The maximum absolute atomic E-state index is 12.8. The fourth-order valence-electron chi connectivity index (χ4n) is 2.63. The van der Waals surface area contributed by atoms with E-state index >= 15 is 0 Å². The van der Waals surface area contributed by atoms with Gasteiger partial charge in [0.2, 0.25) is 17.7 Å². The van der Waals surface area contributed by atoms with E-state index in [9.17, 15) is 24.3 Å². The van der Waals surface area contributed by atoms with E-state index in [1.165, 1.54) is 12.5 Å². The number of aromatic amines is 1. The number of nitrogens with two attached hydrogens (primary N) is 1. The van der Waals surface area contributed by atoms with Gasteiger partial charge in [0, 0.05) is 24.1 Å². The monoisotopic (exact) mass is 456 g/mol. The number of nitrogens with one attached hydrogen (secondary N) is 4. The van der Waals surface area contributed by atoms with Crippen molar-refractivity contribution in [1.82, 2.24) is 25.9 Å². The number of H-pyrrole nitrogens is 1. The molecule has 0 bridgehead atoms. The Hall–Kier alpha value is -2.60. The molecule has 7 N–H and O–H groups in total. The summed E-state index contributed by atoms with van der Waals surface area (Å²) < 4.78 is 0. The smallest absolute Gasteiger partial charge is 0.326 e. The van der Waals surface area contributed by atoms with Gasteiger partial charge in [-0.05, 0) is 11.8 Å². The van der Waals surface area contributed by atoms with Gasteiger partial charge in [-0.3, -0.25) is 14.4 Å². The van der Waals surface area contributed by atoms with Gasteiger partial charge in [0.25, 0.3) is 0 Å². The number of thiol groups is 1. The summed E-state index contributed by atoms with van der Waals surface area (Å²) in [6.07, 6.45) is 2.95. The van der Waals surface area contributed by atoms with Gasteiger partial charge in [-0.25, -0.2) is 9.78 Å². The molecule has 0 saturated heterocycles. The lowest BCUT2D eigenvalue weighted by Gasteiger charge is -2.25. The first-order valence-corrected chi connectivity index (χ1v) is 10.6. The molecule has 31 heavy (non-hydrogen) atoms. The van der Waals surface area contributed by atoms with E-state index in [-0.39, 0.29) is 24.0 Å². The normalized spacial score (nSPS) is 15.1. The molecule has 0 aromatic carbocycles. The van der Waals surface area contributed by atoms with Gasteiger partial charge in [0.15, 0.2) is 0 Å². The summed E-state index contributed by atoms with van der Waals surface area (Å²) in [6.45, 7) is 6.87. The molecule has 0 aliphatic heterocycles. The Labute approximate surface area is 186 Å². The fourth-order valence-corrected chi connectivity index (χ4v) is 2.89. The Morgan fingerprint density at radius 2 is 1.61 bits per heavy atom. The van der Waals surface area contributed by atoms with Crippen molar-refractivity contribution < 1.29 is 24.3 Å². The average Bonchev–Trinajstić information content (AvgIpc) is 3.20. The number of imidazole rings is 1. The van der Waals surface area contributed by atoms with Gasteiger partial charge in [0.05, 0.1) is 12.4 Å². The van der Waals surface area contributed by atoms with Crippen LogP contribution in [0.15, 0.2) is 12.5 Å². The van der Waals surface area contributed by atoms with E-state index in [1.54, 1.807) is 27.7 Å². The number of carboxylic acids is 1. The molecular weight excluding hydrogens is 424 g/mol. The molecule has 0 aliphatic rings. The van der Waals surface area contributed by atoms with Crippen molar-refractivity contribution in [2.75, 3.05) is 5.75 Å². The quantitative estimate of drug-likeness (QED) is 0.198. The largest absolute Gasteiger partial charge is 0.480 e. The average molecular weight is 457 g/mol. The van der Waals surface area contributed by atoms with Crippen molar-refractivity contribution in [3.05, 3.63) is 18.2 Å². The van der Waals surface area contributed by atoms with E-state index in [0.717, 1.165) is 0 Å². The topological polar surface area (TPSA) is 179 Å². The summed E-state index contributed by atoms with van der Waals surface area (Å²) in [5.41, 5.74) is 6.38. The molecule has 4 atom stereocenters. The number of nitrogens with zero attached hydrogens (tertiary/aromatic N) is 1. The summed E-state index contributed by atoms with van der Waals surface area (Å²) in [7, 11) is 0. The van der Waals surface area contributed by atoms with Crippen molar-refractivity contribution in [3.8, 4) is 0 Å². The van der Waals surface area contributed by atoms with Gasteiger partial charge in [-0.15, -0.1) is 0 Å². The molecule has 0 aliphatic carbocycles. The molecule has 0 spiro atoms. The molecule has 1 aromatic heterocycles. The number of aromatic nitrogens is 2. The molecule has 1 rings (SSSR count). The Bertz CT molecular complexity index is 755. The summed E-state index contributed by atoms with van der Waals surface area (Å²) in [5, 5.41) is 16.9. The number of rotatable bonds is 12. The Morgan fingerprint density at radius 3 is 2.06 bits per heavy atom. The van der Waals surface area contributed by atoms with E-state index < -0.39 is 47.9 Å². The van der Waals surface area contributed by atoms with Crippen LogP contribution in [0.3, 0.4) is 0 Å². The van der Waals surface area contributed by atoms with Crippen LogP contribution in [0, 0.1) is 11.8 Å². The molecular formula is C19H32N6O5S. The highest BCUT2D eigenvalue weighted by Crippen LogP contribution is 2.06. The van der Waals surface area contributed by atoms with E-state index in [1.807, 2.05) is 0 Å². The first-order valence-electron chi connectivity index (χ1n) is 9.95. The maximum atomic E-state index is 12.8. The van der Waals surface area contributed by atoms with Crippen LogP contribution in [-0.4, -0.2) is 68.7 Å². The molecule has 4 unspecified atom stereocenters. The first-order chi connectivity index (χ1) is 14.5. The third kappa shape index (κ3) is 8.21. The third-order valence-corrected chi connectivity index (χ3v) is 5.04. The number of hydrogen-bond acceptors (Lipinski definition) is 7. The molecule has 0 fully saturated rings. The Kier molecular flexibility index (Phi) is 10.5. The lowest BCUT2D eigenvalue weighted by Crippen LogP contribution is -2.59. The highest BCUT2D eigenvalue weighted by molar-refractivity contribution is 7.80. The lowest BCUT2D eigenvalue weighted by molar-refractivity contribution is -0.143. The number of carbonyl (C=O) groups is 4. The summed E-state index contributed by atoms with van der Waals surface area (Å²) in [6, 6.07) is -4.07. The zero-order valence-electron chi connectivity index (χ0n) is 18.1. The third-order valence-electron chi connectivity index (χ3n) is 4.68. The van der Waals surface area contributed by atoms with Gasteiger partial charge < -0.3 is 31.8 Å². The minimum atomic E-state index is -1.18. The van der Waals surface area contributed by atoms with Crippen LogP contribution in [-0.2, 0) is 25.6 Å². The first kappa shape index (κ1) is 26.4. The number of carbonyl (C=O) groups excluding carboxylic acids is 3. The standard InChI is InChI=1S/C19H32N6O5S/c1-9(2)14(20)18(28)24-13(7-31)17(27)23-12(5-11-6-21-8-22-11)16(26)25-15(10(3)4)19(29)30/h6,8-10,12-15,31H,5,7,20H2,1-4H3,(H,21,22)(H,23,27)(H,24,28)(H,25,26)(H,29,30). The number of carboxylic acid groups (broad SMARTS) is 1. The van der Waals surface area contributed by atoms with Crippen molar-refractivity contribution in [3.63, 3.8) is 0 Å². The highest BCUT2D eigenvalue weighted by Gasteiger charge is 2.31. The molecule has 0 saturated carbocycles. The molecule has 11 nitrogen and oxygen atoms in total. The predicted molar refractivity (Wildman–Crippen MR) is 117 cm³/mol. The van der Waals surface area contributed by atoms with E-state index in [2.05, 4.69) is 38.5 Å². The van der Waals surface area contributed by atoms with Gasteiger partial charge in [-0.1, -0.05) is 27.7 Å². The second-order valence-electron chi connectivity index (χ2n) is 7.92. The van der Waals surface area contributed by atoms with Crippen LogP contribution in [0.4, 0.5) is 0 Å². The second-order valence-corrected chi connectivity index (χ2v) is 8.29. The van der Waals surface area contributed by atoms with Crippen molar-refractivity contribution in [1.29, 1.82) is 0 Å². The van der Waals surface area contributed by atoms with E-state index in [4.69, 9.17) is 5.73 Å². The van der Waals surface area contributed by atoms with Crippen LogP contribution in [0.1, 0.15) is 33.4 Å². The van der Waals surface area contributed by atoms with Crippen molar-refractivity contribution in [2.45, 2.75) is 58.3 Å². The number of amides is 3. The zero-order chi connectivity index (χ0) is 23.7. The van der Waals surface area contributed by atoms with E-state index in [0.29, 0.717) is 5.69 Å². The highest BCUT2D eigenvalue weighted by atomic mass is 32.1. The van der Waals surface area contributed by atoms with Crippen LogP contribution in [0.5, 0.6) is 0 Å². The van der Waals surface area contributed by atoms with Gasteiger partial charge >= 0.3 is 5.97 Å².